The molecule has 3 nitrogen and oxygen atoms in total. The highest BCUT2D eigenvalue weighted by Gasteiger charge is 2.37. The maximum Gasteiger partial charge on any atom is 0.325 e. The molecule has 0 bridgehead atoms. The van der Waals surface area contributed by atoms with E-state index in [4.69, 9.17) is 4.74 Å². The standard InChI is InChI=1S/C15H20FNO2/c1-10-8-15(2,3)17(9-14(18)19-4)13-6-5-11(16)7-12(10)13/h5-7,10H,8-9H2,1-4H3/t10-/m1/s1. The van der Waals surface area contributed by atoms with Gasteiger partial charge in [-0.2, -0.15) is 0 Å². The van der Waals surface area contributed by atoms with Crippen molar-refractivity contribution in [2.75, 3.05) is 18.6 Å². The van der Waals surface area contributed by atoms with Crippen LogP contribution in [0.3, 0.4) is 0 Å². The maximum absolute atomic E-state index is 13.4. The molecule has 1 aromatic carbocycles. The van der Waals surface area contributed by atoms with E-state index < -0.39 is 0 Å². The van der Waals surface area contributed by atoms with Crippen LogP contribution in [-0.2, 0) is 9.53 Å². The molecule has 104 valence electrons. The lowest BCUT2D eigenvalue weighted by atomic mass is 9.80. The minimum Gasteiger partial charge on any atom is -0.468 e. The Morgan fingerprint density at radius 2 is 2.21 bits per heavy atom. The molecule has 1 aliphatic heterocycles. The van der Waals surface area contributed by atoms with Gasteiger partial charge in [0.05, 0.1) is 7.11 Å². The number of esters is 1. The Morgan fingerprint density at radius 3 is 2.84 bits per heavy atom. The maximum atomic E-state index is 13.4. The van der Waals surface area contributed by atoms with E-state index in [1.54, 1.807) is 12.1 Å². The molecule has 2 rings (SSSR count). The molecule has 0 fully saturated rings. The van der Waals surface area contributed by atoms with Crippen LogP contribution in [0.2, 0.25) is 0 Å². The van der Waals surface area contributed by atoms with Crippen molar-refractivity contribution in [1.82, 2.24) is 0 Å². The Hall–Kier alpha value is -1.58. The van der Waals surface area contributed by atoms with Crippen LogP contribution in [0.4, 0.5) is 10.1 Å². The molecule has 0 aromatic heterocycles. The van der Waals surface area contributed by atoms with Gasteiger partial charge >= 0.3 is 5.97 Å². The molecule has 19 heavy (non-hydrogen) atoms. The smallest absolute Gasteiger partial charge is 0.325 e. The number of carbonyl (C=O) groups is 1. The molecule has 1 heterocycles. The Bertz CT molecular complexity index is 499. The molecule has 1 aromatic rings. The van der Waals surface area contributed by atoms with Crippen LogP contribution in [0.5, 0.6) is 0 Å². The summed E-state index contributed by atoms with van der Waals surface area (Å²) in [5.74, 6) is -0.240. The SMILES string of the molecule is COC(=O)CN1c2ccc(F)cc2[C@H](C)CC1(C)C. The molecular weight excluding hydrogens is 245 g/mol. The lowest BCUT2D eigenvalue weighted by Gasteiger charge is -2.46. The monoisotopic (exact) mass is 265 g/mol. The number of anilines is 1. The van der Waals surface area contributed by atoms with Crippen molar-refractivity contribution >= 4 is 11.7 Å². The van der Waals surface area contributed by atoms with Crippen LogP contribution in [-0.4, -0.2) is 25.2 Å². The van der Waals surface area contributed by atoms with E-state index in [2.05, 4.69) is 20.8 Å². The molecule has 0 amide bonds. The normalized spacial score (nSPS) is 20.9. The number of halogens is 1. The van der Waals surface area contributed by atoms with Crippen molar-refractivity contribution in [1.29, 1.82) is 0 Å². The molecule has 0 saturated carbocycles. The van der Waals surface area contributed by atoms with Crippen LogP contribution >= 0.6 is 0 Å². The van der Waals surface area contributed by atoms with Gasteiger partial charge in [0, 0.05) is 11.2 Å². The van der Waals surface area contributed by atoms with E-state index in [9.17, 15) is 9.18 Å². The lowest BCUT2D eigenvalue weighted by Crippen LogP contribution is -2.50. The molecule has 0 N–H and O–H groups in total. The second kappa shape index (κ2) is 4.83. The van der Waals surface area contributed by atoms with Crippen molar-refractivity contribution < 1.29 is 13.9 Å². The summed E-state index contributed by atoms with van der Waals surface area (Å²) in [6.45, 7) is 6.47. The first-order valence-electron chi connectivity index (χ1n) is 6.49. The average molecular weight is 265 g/mol. The minimum absolute atomic E-state index is 0.154. The molecule has 0 aliphatic carbocycles. The van der Waals surface area contributed by atoms with Gasteiger partial charge in [-0.25, -0.2) is 4.39 Å². The van der Waals surface area contributed by atoms with E-state index in [1.165, 1.54) is 13.2 Å². The van der Waals surface area contributed by atoms with E-state index >= 15 is 0 Å². The number of nitrogens with zero attached hydrogens (tertiary/aromatic N) is 1. The minimum atomic E-state index is -0.280. The fourth-order valence-corrected chi connectivity index (χ4v) is 2.95. The first-order chi connectivity index (χ1) is 8.85. The summed E-state index contributed by atoms with van der Waals surface area (Å²) < 4.78 is 18.2. The van der Waals surface area contributed by atoms with E-state index in [-0.39, 0.29) is 29.8 Å². The highest BCUT2D eigenvalue weighted by molar-refractivity contribution is 5.77. The third-order valence-corrected chi connectivity index (χ3v) is 3.86. The fraction of sp³-hybridized carbons (Fsp3) is 0.533. The highest BCUT2D eigenvalue weighted by Crippen LogP contribution is 2.43. The molecule has 1 atom stereocenters. The molecule has 0 spiro atoms. The highest BCUT2D eigenvalue weighted by atomic mass is 19.1. The van der Waals surface area contributed by atoms with E-state index in [0.717, 1.165) is 17.7 Å². The third kappa shape index (κ3) is 2.57. The molecule has 0 unspecified atom stereocenters. The molecule has 4 heteroatoms. The lowest BCUT2D eigenvalue weighted by molar-refractivity contribution is -0.139. The summed E-state index contributed by atoms with van der Waals surface area (Å²) in [6, 6.07) is 4.77. The van der Waals surface area contributed by atoms with Crippen LogP contribution in [0, 0.1) is 5.82 Å². The van der Waals surface area contributed by atoms with Gasteiger partial charge in [-0.05, 0) is 49.9 Å². The van der Waals surface area contributed by atoms with E-state index in [0.29, 0.717) is 0 Å². The summed E-state index contributed by atoms with van der Waals surface area (Å²) in [5.41, 5.74) is 1.73. The molecule has 1 aliphatic rings. The second-order valence-electron chi connectivity index (χ2n) is 5.78. The number of methoxy groups -OCH3 is 1. The summed E-state index contributed by atoms with van der Waals surface area (Å²) >= 11 is 0. The zero-order valence-electron chi connectivity index (χ0n) is 11.9. The van der Waals surface area contributed by atoms with Crippen molar-refractivity contribution in [3.63, 3.8) is 0 Å². The molecular formula is C15H20FNO2. The van der Waals surface area contributed by atoms with Gasteiger partial charge in [0.1, 0.15) is 12.4 Å². The number of benzene rings is 1. The number of hydrogen-bond donors (Lipinski definition) is 0. The Balaban J connectivity index is 2.45. The Labute approximate surface area is 113 Å². The van der Waals surface area contributed by atoms with Crippen molar-refractivity contribution in [3.05, 3.63) is 29.6 Å². The Kier molecular flexibility index (Phi) is 3.52. The fourth-order valence-electron chi connectivity index (χ4n) is 2.95. The molecule has 0 radical (unpaired) electrons. The van der Waals surface area contributed by atoms with Crippen LogP contribution < -0.4 is 4.90 Å². The van der Waals surface area contributed by atoms with Crippen molar-refractivity contribution in [2.24, 2.45) is 0 Å². The average Bonchev–Trinajstić information content (AvgIpc) is 2.34. The predicted molar refractivity (Wildman–Crippen MR) is 72.9 cm³/mol. The zero-order chi connectivity index (χ0) is 14.2. The summed E-state index contributed by atoms with van der Waals surface area (Å²) in [7, 11) is 1.38. The topological polar surface area (TPSA) is 29.5 Å². The van der Waals surface area contributed by atoms with Gasteiger partial charge in [0.2, 0.25) is 0 Å². The summed E-state index contributed by atoms with van der Waals surface area (Å²) in [5, 5.41) is 0. The first kappa shape index (κ1) is 13.8. The number of carbonyl (C=O) groups excluding carboxylic acids is 1. The quantitative estimate of drug-likeness (QED) is 0.770. The van der Waals surface area contributed by atoms with Crippen LogP contribution in [0.15, 0.2) is 18.2 Å². The zero-order valence-corrected chi connectivity index (χ0v) is 11.9. The Morgan fingerprint density at radius 1 is 1.53 bits per heavy atom. The van der Waals surface area contributed by atoms with Crippen LogP contribution in [0.25, 0.3) is 0 Å². The number of rotatable bonds is 2. The molecule has 0 saturated heterocycles. The van der Waals surface area contributed by atoms with Gasteiger partial charge in [-0.15, -0.1) is 0 Å². The predicted octanol–water partition coefficient (Wildman–Crippen LogP) is 3.09. The number of fused-ring (bicyclic) bond motifs is 1. The van der Waals surface area contributed by atoms with Crippen LogP contribution in [0.1, 0.15) is 38.7 Å². The summed E-state index contributed by atoms with van der Waals surface area (Å²) in [6.07, 6.45) is 0.875. The number of ether oxygens (including phenoxy) is 1. The van der Waals surface area contributed by atoms with Gasteiger partial charge in [-0.3, -0.25) is 4.79 Å². The largest absolute Gasteiger partial charge is 0.468 e. The number of hydrogen-bond acceptors (Lipinski definition) is 3. The van der Waals surface area contributed by atoms with Gasteiger partial charge in [0.15, 0.2) is 0 Å². The second-order valence-corrected chi connectivity index (χ2v) is 5.78. The van der Waals surface area contributed by atoms with Crippen molar-refractivity contribution in [2.45, 2.75) is 38.6 Å². The van der Waals surface area contributed by atoms with Gasteiger partial charge < -0.3 is 9.64 Å². The van der Waals surface area contributed by atoms with Crippen molar-refractivity contribution in [3.8, 4) is 0 Å². The van der Waals surface area contributed by atoms with E-state index in [1.807, 2.05) is 4.90 Å². The van der Waals surface area contributed by atoms with Gasteiger partial charge in [-0.1, -0.05) is 6.92 Å². The van der Waals surface area contributed by atoms with Gasteiger partial charge in [0.25, 0.3) is 0 Å². The third-order valence-electron chi connectivity index (χ3n) is 3.86. The summed E-state index contributed by atoms with van der Waals surface area (Å²) in [4.78, 5) is 13.6. The first-order valence-corrected chi connectivity index (χ1v) is 6.49.